The van der Waals surface area contributed by atoms with Crippen molar-refractivity contribution >= 4 is 44.2 Å². The minimum Gasteiger partial charge on any atom is -0.279 e. The Morgan fingerprint density at radius 1 is 1.12 bits per heavy atom. The molecule has 1 N–H and O–H groups in total. The van der Waals surface area contributed by atoms with Gasteiger partial charge >= 0.3 is 0 Å². The zero-order valence-corrected chi connectivity index (χ0v) is 16.1. The van der Waals surface area contributed by atoms with E-state index >= 15 is 0 Å². The van der Waals surface area contributed by atoms with Crippen LogP contribution in [0.3, 0.4) is 0 Å². The van der Waals surface area contributed by atoms with Crippen LogP contribution in [-0.4, -0.2) is 13.7 Å². The number of carbonyl (C=O) groups is 1. The minimum atomic E-state index is -4.03. The second-order valence-electron chi connectivity index (χ2n) is 6.47. The molecule has 0 unspecified atom stereocenters. The van der Waals surface area contributed by atoms with Gasteiger partial charge < -0.3 is 0 Å². The summed E-state index contributed by atoms with van der Waals surface area (Å²) < 4.78 is 40.9. The lowest BCUT2D eigenvalue weighted by Gasteiger charge is -2.19. The number of nitrogens with one attached hydrogen (secondary N) is 1. The molecule has 0 radical (unpaired) electrons. The van der Waals surface area contributed by atoms with Gasteiger partial charge in [0.2, 0.25) is 0 Å². The van der Waals surface area contributed by atoms with Crippen molar-refractivity contribution in [1.82, 2.24) is 0 Å². The topological polar surface area (TPSA) is 63.2 Å². The summed E-state index contributed by atoms with van der Waals surface area (Å²) in [4.78, 5) is 11.4. The molecule has 0 aliphatic carbocycles. The van der Waals surface area contributed by atoms with Crippen molar-refractivity contribution in [2.75, 3.05) is 4.72 Å². The molecular formula is C17H16Cl2FNO3S. The van der Waals surface area contributed by atoms with E-state index in [2.05, 4.69) is 4.72 Å². The van der Waals surface area contributed by atoms with Gasteiger partial charge in [-0.15, -0.1) is 0 Å². The second-order valence-corrected chi connectivity index (χ2v) is 8.90. The zero-order chi connectivity index (χ0) is 19.0. The molecule has 0 saturated carbocycles. The number of hydrogen-bond donors (Lipinski definition) is 1. The van der Waals surface area contributed by atoms with Gasteiger partial charge in [0.05, 0.1) is 21.2 Å². The van der Waals surface area contributed by atoms with Crippen molar-refractivity contribution in [3.8, 4) is 0 Å². The van der Waals surface area contributed by atoms with Crippen LogP contribution in [0.1, 0.15) is 36.7 Å². The van der Waals surface area contributed by atoms with Crippen LogP contribution in [0.5, 0.6) is 0 Å². The third-order valence-electron chi connectivity index (χ3n) is 3.55. The van der Waals surface area contributed by atoms with Gasteiger partial charge in [0.15, 0.2) is 0 Å². The summed E-state index contributed by atoms with van der Waals surface area (Å²) in [5.74, 6) is -0.871. The predicted molar refractivity (Wildman–Crippen MR) is 97.5 cm³/mol. The average molecular weight is 404 g/mol. The second kappa shape index (κ2) is 6.94. The van der Waals surface area contributed by atoms with Crippen molar-refractivity contribution in [2.45, 2.75) is 31.1 Å². The number of benzene rings is 2. The molecular weight excluding hydrogens is 388 g/mol. The van der Waals surface area contributed by atoms with Gasteiger partial charge in [-0.05, 0) is 40.8 Å². The van der Waals surface area contributed by atoms with E-state index in [4.69, 9.17) is 23.2 Å². The Morgan fingerprint density at radius 2 is 1.68 bits per heavy atom. The lowest BCUT2D eigenvalue weighted by molar-refractivity contribution is 0.108. The van der Waals surface area contributed by atoms with Crippen molar-refractivity contribution in [3.63, 3.8) is 0 Å². The monoisotopic (exact) mass is 403 g/mol. The Morgan fingerprint density at radius 3 is 2.16 bits per heavy atom. The summed E-state index contributed by atoms with van der Waals surface area (Å²) in [6.45, 7) is 6.01. The molecule has 2 aromatic rings. The number of hydrogen-bond acceptors (Lipinski definition) is 3. The van der Waals surface area contributed by atoms with Gasteiger partial charge in [0.1, 0.15) is 5.82 Å². The average Bonchev–Trinajstić information content (AvgIpc) is 2.49. The van der Waals surface area contributed by atoms with E-state index < -0.39 is 21.1 Å². The van der Waals surface area contributed by atoms with Crippen LogP contribution in [-0.2, 0) is 15.4 Å². The molecule has 0 heterocycles. The van der Waals surface area contributed by atoms with E-state index in [9.17, 15) is 17.6 Å². The SMILES string of the molecule is CC(C)(C)c1ccc(S(=O)(=O)Nc2cc(F)c(Cl)cc2C(=O)Cl)cc1. The van der Waals surface area contributed by atoms with Crippen LogP contribution in [0.15, 0.2) is 41.3 Å². The smallest absolute Gasteiger partial charge is 0.261 e. The number of anilines is 1. The third-order valence-corrected chi connectivity index (χ3v) is 5.42. The van der Waals surface area contributed by atoms with Crippen molar-refractivity contribution in [2.24, 2.45) is 0 Å². The van der Waals surface area contributed by atoms with Crippen molar-refractivity contribution in [1.29, 1.82) is 0 Å². The summed E-state index contributed by atoms with van der Waals surface area (Å²) >= 11 is 11.0. The van der Waals surface area contributed by atoms with E-state index in [1.807, 2.05) is 20.8 Å². The summed E-state index contributed by atoms with van der Waals surface area (Å²) in [6.07, 6.45) is 0. The first-order valence-corrected chi connectivity index (χ1v) is 9.48. The maximum absolute atomic E-state index is 13.7. The Hall–Kier alpha value is -1.63. The van der Waals surface area contributed by atoms with Crippen LogP contribution < -0.4 is 4.72 Å². The van der Waals surface area contributed by atoms with E-state index in [1.54, 1.807) is 12.1 Å². The molecule has 25 heavy (non-hydrogen) atoms. The van der Waals surface area contributed by atoms with Crippen LogP contribution in [0.25, 0.3) is 0 Å². The van der Waals surface area contributed by atoms with Gasteiger partial charge in [-0.25, -0.2) is 12.8 Å². The lowest BCUT2D eigenvalue weighted by Crippen LogP contribution is -2.16. The first-order chi connectivity index (χ1) is 11.4. The molecule has 134 valence electrons. The Labute approximate surface area is 156 Å². The fourth-order valence-corrected chi connectivity index (χ4v) is 3.52. The van der Waals surface area contributed by atoms with Crippen LogP contribution in [0.2, 0.25) is 5.02 Å². The van der Waals surface area contributed by atoms with Gasteiger partial charge in [-0.3, -0.25) is 9.52 Å². The molecule has 0 amide bonds. The predicted octanol–water partition coefficient (Wildman–Crippen LogP) is 4.96. The Kier molecular flexibility index (Phi) is 5.47. The maximum Gasteiger partial charge on any atom is 0.261 e. The summed E-state index contributed by atoms with van der Waals surface area (Å²) in [5.41, 5.74) is 0.318. The summed E-state index contributed by atoms with van der Waals surface area (Å²) in [7, 11) is -4.03. The highest BCUT2D eigenvalue weighted by Gasteiger charge is 2.21. The zero-order valence-electron chi connectivity index (χ0n) is 13.7. The standard InChI is InChI=1S/C17H16Cl2FNO3S/c1-17(2,3)10-4-6-11(7-5-10)25(23,24)21-15-9-14(20)13(18)8-12(15)16(19)22/h4-9,21H,1-3H3. The highest BCUT2D eigenvalue weighted by Crippen LogP contribution is 2.28. The molecule has 8 heteroatoms. The van der Waals surface area contributed by atoms with Crippen molar-refractivity contribution < 1.29 is 17.6 Å². The van der Waals surface area contributed by atoms with E-state index in [-0.39, 0.29) is 26.6 Å². The first-order valence-electron chi connectivity index (χ1n) is 7.24. The largest absolute Gasteiger partial charge is 0.279 e. The normalized spacial score (nSPS) is 12.1. The van der Waals surface area contributed by atoms with Gasteiger partial charge in [0, 0.05) is 6.07 Å². The number of carbonyl (C=O) groups excluding carboxylic acids is 1. The van der Waals surface area contributed by atoms with Crippen molar-refractivity contribution in [3.05, 3.63) is 58.4 Å². The summed E-state index contributed by atoms with van der Waals surface area (Å²) in [6, 6.07) is 8.08. The Bertz CT molecular complexity index is 920. The third kappa shape index (κ3) is 4.51. The molecule has 0 spiro atoms. The minimum absolute atomic E-state index is 0.0242. The van der Waals surface area contributed by atoms with E-state index in [0.717, 1.165) is 17.7 Å². The maximum atomic E-state index is 13.7. The molecule has 0 fully saturated rings. The quantitative estimate of drug-likeness (QED) is 0.733. The van der Waals surface area contributed by atoms with E-state index in [1.165, 1.54) is 12.1 Å². The van der Waals surface area contributed by atoms with Crippen LogP contribution in [0, 0.1) is 5.82 Å². The van der Waals surface area contributed by atoms with Gasteiger partial charge in [-0.1, -0.05) is 44.5 Å². The Balaban J connectivity index is 2.43. The number of sulfonamides is 1. The fourth-order valence-electron chi connectivity index (χ4n) is 2.13. The molecule has 0 atom stereocenters. The molecule has 0 aliphatic heterocycles. The fraction of sp³-hybridized carbons (Fsp3) is 0.235. The first kappa shape index (κ1) is 19.7. The molecule has 0 aliphatic rings. The highest BCUT2D eigenvalue weighted by atomic mass is 35.5. The summed E-state index contributed by atoms with van der Waals surface area (Å²) in [5, 5.41) is -1.29. The molecule has 0 aromatic heterocycles. The van der Waals surface area contributed by atoms with Gasteiger partial charge in [0.25, 0.3) is 15.3 Å². The molecule has 0 saturated heterocycles. The molecule has 2 aromatic carbocycles. The molecule has 4 nitrogen and oxygen atoms in total. The van der Waals surface area contributed by atoms with E-state index in [0.29, 0.717) is 0 Å². The van der Waals surface area contributed by atoms with Crippen LogP contribution in [0.4, 0.5) is 10.1 Å². The van der Waals surface area contributed by atoms with Gasteiger partial charge in [-0.2, -0.15) is 0 Å². The highest BCUT2D eigenvalue weighted by molar-refractivity contribution is 7.92. The van der Waals surface area contributed by atoms with Crippen LogP contribution >= 0.6 is 23.2 Å². The molecule has 2 rings (SSSR count). The lowest BCUT2D eigenvalue weighted by atomic mass is 9.87. The molecule has 0 bridgehead atoms. The number of rotatable bonds is 4. The number of halogens is 3.